The van der Waals surface area contributed by atoms with Crippen LogP contribution in [-0.4, -0.2) is 18.4 Å². The van der Waals surface area contributed by atoms with Crippen LogP contribution in [0.5, 0.6) is 0 Å². The van der Waals surface area contributed by atoms with Gasteiger partial charge in [-0.25, -0.2) is 0 Å². The molecule has 0 amide bonds. The summed E-state index contributed by atoms with van der Waals surface area (Å²) in [7, 11) is 0. The third-order valence-corrected chi connectivity index (χ3v) is 3.05. The zero-order chi connectivity index (χ0) is 14.3. The Morgan fingerprint density at radius 3 is 2.11 bits per heavy atom. The van der Waals surface area contributed by atoms with Crippen molar-refractivity contribution in [3.63, 3.8) is 0 Å². The first-order valence-corrected chi connectivity index (χ1v) is 6.93. The van der Waals surface area contributed by atoms with Gasteiger partial charge in [-0.15, -0.1) is 0 Å². The third kappa shape index (κ3) is 4.19. The van der Waals surface area contributed by atoms with Gasteiger partial charge in [0.05, 0.1) is 6.61 Å². The molecule has 3 nitrogen and oxygen atoms in total. The van der Waals surface area contributed by atoms with Crippen LogP contribution in [0.4, 0.5) is 0 Å². The first-order chi connectivity index (χ1) is 9.13. The second-order valence-corrected chi connectivity index (χ2v) is 4.48. The summed E-state index contributed by atoms with van der Waals surface area (Å²) in [5.74, 6) is -0.560. The highest BCUT2D eigenvalue weighted by atomic mass is 16.5. The van der Waals surface area contributed by atoms with Crippen molar-refractivity contribution in [2.75, 3.05) is 6.61 Å². The Labute approximate surface area is 115 Å². The minimum atomic E-state index is -0.431. The lowest BCUT2D eigenvalue weighted by molar-refractivity contribution is -0.142. The molecule has 0 aliphatic heterocycles. The topological polar surface area (TPSA) is 43.4 Å². The zero-order valence-corrected chi connectivity index (χ0v) is 12.0. The second-order valence-electron chi connectivity index (χ2n) is 4.48. The van der Waals surface area contributed by atoms with E-state index < -0.39 is 5.97 Å². The number of Topliss-reactive ketones (excluding diaryl/α,β-unsaturated/α-hetero) is 1. The molecule has 1 rings (SSSR count). The maximum absolute atomic E-state index is 12.3. The van der Waals surface area contributed by atoms with Crippen LogP contribution in [0.1, 0.15) is 55.1 Å². The molecule has 0 fully saturated rings. The van der Waals surface area contributed by atoms with Gasteiger partial charge in [-0.1, -0.05) is 39.0 Å². The number of ketones is 1. The fourth-order valence-corrected chi connectivity index (χ4v) is 2.09. The lowest BCUT2D eigenvalue weighted by atomic mass is 9.93. The van der Waals surface area contributed by atoms with Crippen LogP contribution in [-0.2, 0) is 22.4 Å². The highest BCUT2D eigenvalue weighted by Gasteiger charge is 2.18. The van der Waals surface area contributed by atoms with Gasteiger partial charge in [0.25, 0.3) is 0 Å². The van der Waals surface area contributed by atoms with E-state index in [1.165, 1.54) is 0 Å². The molecule has 0 atom stereocenters. The molecule has 0 saturated carbocycles. The Bertz CT molecular complexity index is 427. The summed E-state index contributed by atoms with van der Waals surface area (Å²) in [6, 6.07) is 5.86. The minimum absolute atomic E-state index is 0.129. The molecule has 0 bridgehead atoms. The Balaban J connectivity index is 2.89. The van der Waals surface area contributed by atoms with E-state index in [0.29, 0.717) is 12.2 Å². The van der Waals surface area contributed by atoms with Gasteiger partial charge in [-0.3, -0.25) is 9.59 Å². The van der Waals surface area contributed by atoms with Gasteiger partial charge in [-0.2, -0.15) is 0 Å². The summed E-state index contributed by atoms with van der Waals surface area (Å²) >= 11 is 0. The molecule has 1 aromatic carbocycles. The highest BCUT2D eigenvalue weighted by Crippen LogP contribution is 2.18. The van der Waals surface area contributed by atoms with Crippen LogP contribution in [0.3, 0.4) is 0 Å². The molecule has 0 radical (unpaired) electrons. The zero-order valence-electron chi connectivity index (χ0n) is 12.0. The number of ether oxygens (including phenoxy) is 1. The summed E-state index contributed by atoms with van der Waals surface area (Å²) in [6.07, 6.45) is 2.19. The first-order valence-electron chi connectivity index (χ1n) is 6.93. The number of benzene rings is 1. The van der Waals surface area contributed by atoms with Crippen LogP contribution in [0.2, 0.25) is 0 Å². The fraction of sp³-hybridized carbons (Fsp3) is 0.500. The quantitative estimate of drug-likeness (QED) is 0.430. The van der Waals surface area contributed by atoms with Crippen molar-refractivity contribution < 1.29 is 14.3 Å². The van der Waals surface area contributed by atoms with Gasteiger partial charge in [-0.05, 0) is 30.4 Å². The number of rotatable bonds is 7. The third-order valence-electron chi connectivity index (χ3n) is 3.05. The van der Waals surface area contributed by atoms with Crippen LogP contribution in [0.15, 0.2) is 18.2 Å². The second kappa shape index (κ2) is 7.72. The van der Waals surface area contributed by atoms with Gasteiger partial charge in [0.2, 0.25) is 0 Å². The highest BCUT2D eigenvalue weighted by molar-refractivity contribution is 6.07. The molecule has 0 aliphatic rings. The van der Waals surface area contributed by atoms with Gasteiger partial charge >= 0.3 is 5.97 Å². The molecule has 19 heavy (non-hydrogen) atoms. The van der Waals surface area contributed by atoms with E-state index in [2.05, 4.69) is 0 Å². The number of carbonyl (C=O) groups excluding carboxylic acids is 2. The monoisotopic (exact) mass is 262 g/mol. The lowest BCUT2D eigenvalue weighted by Crippen LogP contribution is -2.15. The number of hydrogen-bond acceptors (Lipinski definition) is 3. The van der Waals surface area contributed by atoms with Crippen LogP contribution < -0.4 is 0 Å². The molecular formula is C16H22O3. The van der Waals surface area contributed by atoms with Crippen molar-refractivity contribution in [2.45, 2.75) is 46.5 Å². The lowest BCUT2D eigenvalue weighted by Gasteiger charge is -2.11. The van der Waals surface area contributed by atoms with Crippen molar-refractivity contribution in [1.29, 1.82) is 0 Å². The number of hydrogen-bond donors (Lipinski definition) is 0. The average molecular weight is 262 g/mol. The van der Waals surface area contributed by atoms with Crippen LogP contribution in [0.25, 0.3) is 0 Å². The molecule has 1 aromatic rings. The predicted octanol–water partition coefficient (Wildman–Crippen LogP) is 3.34. The van der Waals surface area contributed by atoms with Crippen molar-refractivity contribution in [3.8, 4) is 0 Å². The van der Waals surface area contributed by atoms with Crippen LogP contribution >= 0.6 is 0 Å². The molecule has 104 valence electrons. The molecule has 0 heterocycles. The Hall–Kier alpha value is -1.64. The summed E-state index contributed by atoms with van der Waals surface area (Å²) < 4.78 is 4.97. The van der Waals surface area contributed by atoms with E-state index in [4.69, 9.17) is 4.74 Å². The molecular weight excluding hydrogens is 240 g/mol. The fourth-order valence-electron chi connectivity index (χ4n) is 2.09. The Morgan fingerprint density at radius 2 is 1.63 bits per heavy atom. The standard InChI is InChI=1S/C16H22O3/c1-4-10-19-15(18)11-14(17)16-12(5-2)8-7-9-13(16)6-3/h7-9H,4-6,10-11H2,1-3H3. The average Bonchev–Trinajstić information content (AvgIpc) is 2.43. The van der Waals surface area contributed by atoms with E-state index >= 15 is 0 Å². The maximum Gasteiger partial charge on any atom is 0.313 e. The minimum Gasteiger partial charge on any atom is -0.465 e. The maximum atomic E-state index is 12.3. The van der Waals surface area contributed by atoms with Gasteiger partial charge in [0, 0.05) is 5.56 Å². The molecule has 0 N–H and O–H groups in total. The van der Waals surface area contributed by atoms with E-state index in [9.17, 15) is 9.59 Å². The molecule has 3 heteroatoms. The van der Waals surface area contributed by atoms with Crippen molar-refractivity contribution in [2.24, 2.45) is 0 Å². The molecule has 0 aliphatic carbocycles. The number of esters is 1. The summed E-state index contributed by atoms with van der Waals surface area (Å²) in [4.78, 5) is 23.8. The SMILES string of the molecule is CCCOC(=O)CC(=O)c1c(CC)cccc1CC. The van der Waals surface area contributed by atoms with Gasteiger partial charge in [0.15, 0.2) is 5.78 Å². The van der Waals surface area contributed by atoms with Crippen molar-refractivity contribution in [1.82, 2.24) is 0 Å². The van der Waals surface area contributed by atoms with Gasteiger partial charge < -0.3 is 4.74 Å². The normalized spacial score (nSPS) is 10.3. The smallest absolute Gasteiger partial charge is 0.313 e. The molecule has 0 unspecified atom stereocenters. The van der Waals surface area contributed by atoms with E-state index in [0.717, 1.165) is 30.4 Å². The van der Waals surface area contributed by atoms with Crippen LogP contribution in [0, 0.1) is 0 Å². The molecule has 0 aromatic heterocycles. The van der Waals surface area contributed by atoms with Crippen molar-refractivity contribution in [3.05, 3.63) is 34.9 Å². The summed E-state index contributed by atoms with van der Waals surface area (Å²) in [6.45, 7) is 6.33. The van der Waals surface area contributed by atoms with E-state index in [-0.39, 0.29) is 12.2 Å². The predicted molar refractivity (Wildman–Crippen MR) is 75.4 cm³/mol. The largest absolute Gasteiger partial charge is 0.465 e. The van der Waals surface area contributed by atoms with E-state index in [1.54, 1.807) is 0 Å². The number of aryl methyl sites for hydroxylation is 2. The number of carbonyl (C=O) groups is 2. The van der Waals surface area contributed by atoms with Gasteiger partial charge in [0.1, 0.15) is 6.42 Å². The summed E-state index contributed by atoms with van der Waals surface area (Å²) in [5.41, 5.74) is 2.72. The molecule has 0 saturated heterocycles. The van der Waals surface area contributed by atoms with Crippen molar-refractivity contribution >= 4 is 11.8 Å². The Morgan fingerprint density at radius 1 is 1.05 bits per heavy atom. The molecule has 0 spiro atoms. The summed E-state index contributed by atoms with van der Waals surface area (Å²) in [5, 5.41) is 0. The van der Waals surface area contributed by atoms with E-state index in [1.807, 2.05) is 39.0 Å². The first kappa shape index (κ1) is 15.4. The Kier molecular flexibility index (Phi) is 6.26.